The number of amides is 4. The molecular formula is C25H42N4O5. The highest BCUT2D eigenvalue weighted by Gasteiger charge is 2.62. The molecule has 0 aromatic rings. The van der Waals surface area contributed by atoms with E-state index >= 15 is 0 Å². The second-order valence-electron chi connectivity index (χ2n) is 12.2. The highest BCUT2D eigenvalue weighted by molar-refractivity contribution is 5.86. The lowest BCUT2D eigenvalue weighted by molar-refractivity contribution is -0.136. The highest BCUT2D eigenvalue weighted by Crippen LogP contribution is 2.62. The number of carbonyl (C=O) groups excluding carboxylic acids is 4. The molecule has 4 aliphatic rings. The molecule has 4 fully saturated rings. The Hall–Kier alpha value is -2.16. The van der Waals surface area contributed by atoms with E-state index in [1.165, 1.54) is 0 Å². The van der Waals surface area contributed by atoms with Crippen LogP contribution in [0, 0.1) is 23.2 Å². The van der Waals surface area contributed by atoms with E-state index in [9.17, 15) is 19.2 Å². The fourth-order valence-electron chi connectivity index (χ4n) is 5.64. The first-order chi connectivity index (χ1) is 15.7. The lowest BCUT2D eigenvalue weighted by atomic mass is 9.95. The minimum Gasteiger partial charge on any atom is -0.372 e. The third-order valence-electron chi connectivity index (χ3n) is 7.87. The van der Waals surface area contributed by atoms with Gasteiger partial charge >= 0.3 is 0 Å². The molecule has 192 valence electrons. The third kappa shape index (κ3) is 6.29. The molecule has 4 N–H and O–H groups in total. The fourth-order valence-corrected chi connectivity index (χ4v) is 5.64. The van der Waals surface area contributed by atoms with Crippen LogP contribution in [0.1, 0.15) is 73.6 Å². The summed E-state index contributed by atoms with van der Waals surface area (Å²) in [5.41, 5.74) is 5.43. The number of hydrogen-bond donors (Lipinski definition) is 3. The van der Waals surface area contributed by atoms with Crippen LogP contribution in [-0.2, 0) is 23.9 Å². The fraction of sp³-hybridized carbons (Fsp3) is 0.840. The number of carbonyl (C=O) groups is 4. The van der Waals surface area contributed by atoms with Crippen LogP contribution in [0.5, 0.6) is 0 Å². The van der Waals surface area contributed by atoms with Crippen LogP contribution in [0.25, 0.3) is 0 Å². The van der Waals surface area contributed by atoms with Gasteiger partial charge in [0.05, 0.1) is 18.1 Å². The number of piperidine rings is 1. The molecule has 5 atom stereocenters. The van der Waals surface area contributed by atoms with Crippen molar-refractivity contribution in [1.82, 2.24) is 15.5 Å². The summed E-state index contributed by atoms with van der Waals surface area (Å²) >= 11 is 0. The Morgan fingerprint density at radius 1 is 1.26 bits per heavy atom. The van der Waals surface area contributed by atoms with Crippen molar-refractivity contribution in [3.63, 3.8) is 0 Å². The Morgan fingerprint density at radius 2 is 1.85 bits per heavy atom. The van der Waals surface area contributed by atoms with Crippen LogP contribution in [0.4, 0.5) is 0 Å². The van der Waals surface area contributed by atoms with E-state index in [1.54, 1.807) is 0 Å². The molecule has 0 aromatic heterocycles. The smallest absolute Gasteiger partial charge is 0.240 e. The number of nitrogens with one attached hydrogen (secondary N) is 2. The second-order valence-corrected chi connectivity index (χ2v) is 12.2. The molecule has 2 aliphatic carbocycles. The van der Waals surface area contributed by atoms with Gasteiger partial charge in [-0.15, -0.1) is 0 Å². The van der Waals surface area contributed by atoms with Gasteiger partial charge in [-0.1, -0.05) is 13.8 Å². The summed E-state index contributed by atoms with van der Waals surface area (Å²) in [6.07, 6.45) is 4.02. The Bertz CT molecular complexity index is 803. The number of rotatable bonds is 8. The molecule has 0 aromatic carbocycles. The van der Waals surface area contributed by atoms with Gasteiger partial charge in [0.2, 0.25) is 24.1 Å². The number of ether oxygens (including phenoxy) is 1. The standard InChI is InChI=1S/C15H27NO2.C10H15N3O3/c1-10(18-14(2,3)4)7-13(17)16-8-11-12(9-16)15(11,5)6;11-8(15)7(12-5-14)3-6-4-10(1-2-10)13-9(6)16/h10-12H,7-9H2,1-6H3;5-7H,1-4H2,(H2,11,15)(H,12,14)(H,13,16). The zero-order chi connectivity index (χ0) is 25.5. The maximum atomic E-state index is 12.2. The van der Waals surface area contributed by atoms with Gasteiger partial charge in [-0.2, -0.15) is 0 Å². The van der Waals surface area contributed by atoms with E-state index in [0.29, 0.717) is 24.7 Å². The monoisotopic (exact) mass is 478 g/mol. The van der Waals surface area contributed by atoms with Crippen LogP contribution in [-0.4, -0.2) is 65.4 Å². The number of fused-ring (bicyclic) bond motifs is 1. The molecule has 9 nitrogen and oxygen atoms in total. The number of hydrogen-bond acceptors (Lipinski definition) is 5. The molecule has 4 amide bonds. The van der Waals surface area contributed by atoms with Gasteiger partial charge in [0, 0.05) is 24.5 Å². The maximum absolute atomic E-state index is 12.2. The normalized spacial score (nSPS) is 29.3. The van der Waals surface area contributed by atoms with Crippen LogP contribution in [0.3, 0.4) is 0 Å². The number of nitrogens with two attached hydrogens (primary N) is 1. The van der Waals surface area contributed by atoms with E-state index in [4.69, 9.17) is 10.5 Å². The van der Waals surface area contributed by atoms with E-state index in [2.05, 4.69) is 24.5 Å². The first kappa shape index (κ1) is 26.4. The molecule has 0 bridgehead atoms. The van der Waals surface area contributed by atoms with E-state index in [0.717, 1.165) is 44.2 Å². The number of primary amides is 1. The van der Waals surface area contributed by atoms with Gasteiger partial charge in [-0.25, -0.2) is 0 Å². The predicted octanol–water partition coefficient (Wildman–Crippen LogP) is 1.34. The SMILES string of the molecule is CC(CC(=O)N1CC2C(C1)C2(C)C)OC(C)(C)C.NC(=O)C(CC1CC2(CC2)NC1=O)NC=O. The van der Waals surface area contributed by atoms with Crippen molar-refractivity contribution in [2.45, 2.75) is 96.9 Å². The topological polar surface area (TPSA) is 131 Å². The maximum Gasteiger partial charge on any atom is 0.240 e. The van der Waals surface area contributed by atoms with Gasteiger partial charge in [0.15, 0.2) is 0 Å². The minimum atomic E-state index is -0.748. The van der Waals surface area contributed by atoms with Gasteiger partial charge < -0.3 is 26.0 Å². The molecule has 2 aliphatic heterocycles. The summed E-state index contributed by atoms with van der Waals surface area (Å²) in [6.45, 7) is 14.6. The summed E-state index contributed by atoms with van der Waals surface area (Å²) in [5, 5.41) is 5.28. The van der Waals surface area contributed by atoms with Crippen molar-refractivity contribution in [3.05, 3.63) is 0 Å². The molecular weight excluding hydrogens is 436 g/mol. The van der Waals surface area contributed by atoms with Crippen molar-refractivity contribution in [3.8, 4) is 0 Å². The average Bonchev–Trinajstić information content (AvgIpc) is 3.37. The van der Waals surface area contributed by atoms with E-state index in [1.807, 2.05) is 32.6 Å². The van der Waals surface area contributed by atoms with Crippen LogP contribution in [0.15, 0.2) is 0 Å². The van der Waals surface area contributed by atoms with Gasteiger partial charge in [0.25, 0.3) is 0 Å². The third-order valence-corrected chi connectivity index (χ3v) is 7.87. The highest BCUT2D eigenvalue weighted by atomic mass is 16.5. The summed E-state index contributed by atoms with van der Waals surface area (Å²) in [6, 6.07) is -0.748. The van der Waals surface area contributed by atoms with Crippen molar-refractivity contribution >= 4 is 24.1 Å². The molecule has 0 radical (unpaired) electrons. The average molecular weight is 479 g/mol. The van der Waals surface area contributed by atoms with Gasteiger partial charge in [-0.05, 0) is 70.6 Å². The Labute approximate surface area is 202 Å². The molecule has 5 unspecified atom stereocenters. The van der Waals surface area contributed by atoms with Crippen molar-refractivity contribution < 1.29 is 23.9 Å². The quantitative estimate of drug-likeness (QED) is 0.453. The van der Waals surface area contributed by atoms with Gasteiger partial charge in [0.1, 0.15) is 6.04 Å². The van der Waals surface area contributed by atoms with Crippen LogP contribution in [0.2, 0.25) is 0 Å². The summed E-state index contributed by atoms with van der Waals surface area (Å²) in [7, 11) is 0. The molecule has 2 saturated carbocycles. The number of nitrogens with zero attached hydrogens (tertiary/aromatic N) is 1. The van der Waals surface area contributed by atoms with Crippen molar-refractivity contribution in [2.75, 3.05) is 13.1 Å². The predicted molar refractivity (Wildman–Crippen MR) is 127 cm³/mol. The van der Waals surface area contributed by atoms with E-state index < -0.39 is 11.9 Å². The zero-order valence-electron chi connectivity index (χ0n) is 21.5. The molecule has 4 rings (SSSR count). The minimum absolute atomic E-state index is 0.00226. The van der Waals surface area contributed by atoms with Crippen LogP contribution >= 0.6 is 0 Å². The molecule has 34 heavy (non-hydrogen) atoms. The first-order valence-electron chi connectivity index (χ1n) is 12.4. The summed E-state index contributed by atoms with van der Waals surface area (Å²) in [4.78, 5) is 47.1. The van der Waals surface area contributed by atoms with Crippen molar-refractivity contribution in [2.24, 2.45) is 28.9 Å². The zero-order valence-corrected chi connectivity index (χ0v) is 21.5. The Balaban J connectivity index is 0.000000192. The Kier molecular flexibility index (Phi) is 7.37. The summed E-state index contributed by atoms with van der Waals surface area (Å²) in [5.74, 6) is 0.885. The molecule has 2 heterocycles. The molecule has 2 saturated heterocycles. The van der Waals surface area contributed by atoms with Crippen molar-refractivity contribution in [1.29, 1.82) is 0 Å². The Morgan fingerprint density at radius 3 is 2.29 bits per heavy atom. The van der Waals surface area contributed by atoms with Crippen LogP contribution < -0.4 is 16.4 Å². The lowest BCUT2D eigenvalue weighted by Gasteiger charge is -2.27. The molecule has 1 spiro atoms. The van der Waals surface area contributed by atoms with Gasteiger partial charge in [-0.3, -0.25) is 19.2 Å². The molecule has 9 heteroatoms. The largest absolute Gasteiger partial charge is 0.372 e. The van der Waals surface area contributed by atoms with E-state index in [-0.39, 0.29) is 35.0 Å². The second kappa shape index (κ2) is 9.47. The summed E-state index contributed by atoms with van der Waals surface area (Å²) < 4.78 is 5.80. The number of likely N-dealkylation sites (tertiary alicyclic amines) is 1. The lowest BCUT2D eigenvalue weighted by Crippen LogP contribution is -2.42. The first-order valence-corrected chi connectivity index (χ1v) is 12.4.